The SMILES string of the molecule is CCC(C)NCC(C(N)=NO)C(F)(F)F. The monoisotopic (exact) mass is 227 g/mol. The molecule has 2 atom stereocenters. The molecule has 0 amide bonds. The second-order valence-electron chi connectivity index (χ2n) is 3.34. The first-order chi connectivity index (χ1) is 6.82. The zero-order valence-electron chi connectivity index (χ0n) is 8.67. The van der Waals surface area contributed by atoms with Crippen LogP contribution in [0.25, 0.3) is 0 Å². The Morgan fingerprint density at radius 1 is 1.53 bits per heavy atom. The van der Waals surface area contributed by atoms with Crippen LogP contribution in [0.4, 0.5) is 13.2 Å². The minimum Gasteiger partial charge on any atom is -0.409 e. The van der Waals surface area contributed by atoms with Gasteiger partial charge in [-0.3, -0.25) is 0 Å². The summed E-state index contributed by atoms with van der Waals surface area (Å²) in [6.07, 6.45) is -3.79. The minimum atomic E-state index is -4.50. The molecule has 0 rings (SSSR count). The van der Waals surface area contributed by atoms with E-state index in [1.54, 1.807) is 6.92 Å². The van der Waals surface area contributed by atoms with Crippen LogP contribution in [0, 0.1) is 5.92 Å². The van der Waals surface area contributed by atoms with Crippen LogP contribution in [0.3, 0.4) is 0 Å². The lowest BCUT2D eigenvalue weighted by molar-refractivity contribution is -0.155. The molecular formula is C8H16F3N3O. The molecule has 0 fully saturated rings. The predicted octanol–water partition coefficient (Wildman–Crippen LogP) is 1.30. The van der Waals surface area contributed by atoms with Crippen LogP contribution in [-0.2, 0) is 0 Å². The Morgan fingerprint density at radius 3 is 2.40 bits per heavy atom. The third kappa shape index (κ3) is 4.87. The van der Waals surface area contributed by atoms with E-state index < -0.39 is 17.9 Å². The summed E-state index contributed by atoms with van der Waals surface area (Å²) in [6.45, 7) is 3.23. The normalized spacial score (nSPS) is 17.5. The van der Waals surface area contributed by atoms with Crippen LogP contribution in [0.2, 0.25) is 0 Å². The maximum absolute atomic E-state index is 12.4. The molecule has 4 nitrogen and oxygen atoms in total. The Kier molecular flexibility index (Phi) is 5.41. The summed E-state index contributed by atoms with van der Waals surface area (Å²) in [5.41, 5.74) is 4.97. The number of halogens is 3. The molecule has 0 aromatic carbocycles. The summed E-state index contributed by atoms with van der Waals surface area (Å²) in [5, 5.41) is 13.3. The molecule has 2 unspecified atom stereocenters. The molecule has 90 valence electrons. The van der Waals surface area contributed by atoms with E-state index in [-0.39, 0.29) is 12.6 Å². The first-order valence-corrected chi connectivity index (χ1v) is 4.60. The standard InChI is InChI=1S/C8H16F3N3O/c1-3-5(2)13-4-6(7(12)14-15)8(9,10)11/h5-6,13,15H,3-4H2,1-2H3,(H2,12,14). The predicted molar refractivity (Wildman–Crippen MR) is 50.7 cm³/mol. The molecule has 0 aromatic heterocycles. The minimum absolute atomic E-state index is 0.0404. The molecule has 0 bridgehead atoms. The van der Waals surface area contributed by atoms with Gasteiger partial charge in [-0.1, -0.05) is 12.1 Å². The van der Waals surface area contributed by atoms with Gasteiger partial charge in [0.15, 0.2) is 5.84 Å². The van der Waals surface area contributed by atoms with E-state index in [1.807, 2.05) is 6.92 Å². The van der Waals surface area contributed by atoms with Gasteiger partial charge in [0, 0.05) is 12.6 Å². The number of nitrogens with one attached hydrogen (secondary N) is 1. The van der Waals surface area contributed by atoms with Gasteiger partial charge in [0.25, 0.3) is 0 Å². The number of oxime groups is 1. The van der Waals surface area contributed by atoms with Crippen molar-refractivity contribution in [2.24, 2.45) is 16.8 Å². The number of hydrogen-bond acceptors (Lipinski definition) is 3. The zero-order valence-corrected chi connectivity index (χ0v) is 8.67. The molecule has 4 N–H and O–H groups in total. The van der Waals surface area contributed by atoms with Crippen molar-refractivity contribution in [2.75, 3.05) is 6.54 Å². The molecule has 7 heteroatoms. The van der Waals surface area contributed by atoms with Gasteiger partial charge in [0.1, 0.15) is 5.92 Å². The van der Waals surface area contributed by atoms with Crippen LogP contribution in [0.15, 0.2) is 5.16 Å². The number of hydrogen-bond donors (Lipinski definition) is 3. The van der Waals surface area contributed by atoms with Crippen molar-refractivity contribution in [1.82, 2.24) is 5.32 Å². The number of alkyl halides is 3. The van der Waals surface area contributed by atoms with E-state index in [2.05, 4.69) is 10.5 Å². The summed E-state index contributed by atoms with van der Waals surface area (Å²) in [4.78, 5) is 0. The summed E-state index contributed by atoms with van der Waals surface area (Å²) in [7, 11) is 0. The molecule has 0 spiro atoms. The lowest BCUT2D eigenvalue weighted by atomic mass is 10.1. The quantitative estimate of drug-likeness (QED) is 0.287. The van der Waals surface area contributed by atoms with Gasteiger partial charge in [-0.25, -0.2) is 0 Å². The van der Waals surface area contributed by atoms with Gasteiger partial charge in [0.05, 0.1) is 0 Å². The van der Waals surface area contributed by atoms with Crippen molar-refractivity contribution >= 4 is 5.84 Å². The molecule has 15 heavy (non-hydrogen) atoms. The number of nitrogens with two attached hydrogens (primary N) is 1. The summed E-state index contributed by atoms with van der Waals surface area (Å²) < 4.78 is 37.2. The van der Waals surface area contributed by atoms with Crippen molar-refractivity contribution in [3.63, 3.8) is 0 Å². The number of nitrogens with zero attached hydrogens (tertiary/aromatic N) is 1. The third-order valence-electron chi connectivity index (χ3n) is 2.15. The largest absolute Gasteiger partial charge is 0.409 e. The molecular weight excluding hydrogens is 211 g/mol. The fourth-order valence-electron chi connectivity index (χ4n) is 0.921. The van der Waals surface area contributed by atoms with E-state index in [4.69, 9.17) is 10.9 Å². The van der Waals surface area contributed by atoms with Crippen molar-refractivity contribution in [3.05, 3.63) is 0 Å². The van der Waals surface area contributed by atoms with Crippen LogP contribution < -0.4 is 11.1 Å². The average Bonchev–Trinajstić information content (AvgIpc) is 2.15. The Balaban J connectivity index is 4.41. The van der Waals surface area contributed by atoms with Crippen LogP contribution in [-0.4, -0.2) is 29.8 Å². The highest BCUT2D eigenvalue weighted by Crippen LogP contribution is 2.25. The first kappa shape index (κ1) is 14.0. The highest BCUT2D eigenvalue weighted by atomic mass is 19.4. The van der Waals surface area contributed by atoms with E-state index >= 15 is 0 Å². The second-order valence-corrected chi connectivity index (χ2v) is 3.34. The molecule has 0 radical (unpaired) electrons. The smallest absolute Gasteiger partial charge is 0.400 e. The molecule has 0 aromatic rings. The van der Waals surface area contributed by atoms with Crippen molar-refractivity contribution in [3.8, 4) is 0 Å². The second kappa shape index (κ2) is 5.79. The lowest BCUT2D eigenvalue weighted by Gasteiger charge is -2.21. The molecule has 0 saturated heterocycles. The van der Waals surface area contributed by atoms with E-state index in [1.165, 1.54) is 0 Å². The molecule has 0 aliphatic carbocycles. The first-order valence-electron chi connectivity index (χ1n) is 4.60. The Labute approximate surface area is 86.3 Å². The van der Waals surface area contributed by atoms with Gasteiger partial charge in [-0.2, -0.15) is 13.2 Å². The molecule has 0 heterocycles. The summed E-state index contributed by atoms with van der Waals surface area (Å²) in [5.74, 6) is -2.77. The van der Waals surface area contributed by atoms with Crippen molar-refractivity contribution in [2.45, 2.75) is 32.5 Å². The third-order valence-corrected chi connectivity index (χ3v) is 2.15. The van der Waals surface area contributed by atoms with Crippen molar-refractivity contribution in [1.29, 1.82) is 0 Å². The van der Waals surface area contributed by atoms with Gasteiger partial charge in [-0.15, -0.1) is 0 Å². The van der Waals surface area contributed by atoms with Gasteiger partial charge >= 0.3 is 6.18 Å². The lowest BCUT2D eigenvalue weighted by Crippen LogP contribution is -2.44. The maximum Gasteiger partial charge on any atom is 0.400 e. The summed E-state index contributed by atoms with van der Waals surface area (Å²) in [6, 6.07) is -0.0404. The van der Waals surface area contributed by atoms with Crippen LogP contribution >= 0.6 is 0 Å². The highest BCUT2D eigenvalue weighted by molar-refractivity contribution is 5.83. The topological polar surface area (TPSA) is 70.6 Å². The Bertz CT molecular complexity index is 218. The Hall–Kier alpha value is -0.980. The van der Waals surface area contributed by atoms with E-state index in [9.17, 15) is 13.2 Å². The fourth-order valence-corrected chi connectivity index (χ4v) is 0.921. The maximum atomic E-state index is 12.4. The van der Waals surface area contributed by atoms with Crippen molar-refractivity contribution < 1.29 is 18.4 Å². The molecule has 0 saturated carbocycles. The average molecular weight is 227 g/mol. The number of amidine groups is 1. The van der Waals surface area contributed by atoms with Gasteiger partial charge in [0.2, 0.25) is 0 Å². The van der Waals surface area contributed by atoms with Gasteiger partial charge in [-0.05, 0) is 13.3 Å². The van der Waals surface area contributed by atoms with E-state index in [0.29, 0.717) is 6.42 Å². The number of rotatable bonds is 5. The van der Waals surface area contributed by atoms with Crippen LogP contribution in [0.5, 0.6) is 0 Å². The Morgan fingerprint density at radius 2 is 2.07 bits per heavy atom. The summed E-state index contributed by atoms with van der Waals surface area (Å²) >= 11 is 0. The van der Waals surface area contributed by atoms with E-state index in [0.717, 1.165) is 0 Å². The molecule has 0 aliphatic rings. The van der Waals surface area contributed by atoms with Crippen LogP contribution in [0.1, 0.15) is 20.3 Å². The van der Waals surface area contributed by atoms with Gasteiger partial charge < -0.3 is 16.3 Å². The molecule has 0 aliphatic heterocycles. The fraction of sp³-hybridized carbons (Fsp3) is 0.875. The zero-order chi connectivity index (χ0) is 12.1. The highest BCUT2D eigenvalue weighted by Gasteiger charge is 2.42.